The summed E-state index contributed by atoms with van der Waals surface area (Å²) >= 11 is 6.06. The zero-order valence-electron chi connectivity index (χ0n) is 24.2. The van der Waals surface area contributed by atoms with Crippen molar-refractivity contribution in [1.82, 2.24) is 0 Å². The van der Waals surface area contributed by atoms with Crippen molar-refractivity contribution in [2.75, 3.05) is 23.4 Å². The van der Waals surface area contributed by atoms with Crippen LogP contribution in [0.15, 0.2) is 83.2 Å². The lowest BCUT2D eigenvalue weighted by Gasteiger charge is -2.36. The summed E-state index contributed by atoms with van der Waals surface area (Å²) in [7, 11) is 0. The van der Waals surface area contributed by atoms with Gasteiger partial charge in [-0.2, -0.15) is 0 Å². The van der Waals surface area contributed by atoms with Crippen molar-refractivity contribution in [1.29, 1.82) is 0 Å². The van der Waals surface area contributed by atoms with Gasteiger partial charge < -0.3 is 24.3 Å². The second-order valence-electron chi connectivity index (χ2n) is 10.8. The number of halogens is 1. The number of fused-ring (bicyclic) bond motifs is 2. The van der Waals surface area contributed by atoms with Gasteiger partial charge in [0.1, 0.15) is 5.58 Å². The number of furan rings is 1. The molecule has 0 fully saturated rings. The Morgan fingerprint density at radius 1 is 1.07 bits per heavy atom. The van der Waals surface area contributed by atoms with Crippen molar-refractivity contribution in [2.45, 2.75) is 38.9 Å². The van der Waals surface area contributed by atoms with Crippen molar-refractivity contribution < 1.29 is 33.4 Å². The number of para-hydroxylation sites is 1. The molecule has 44 heavy (non-hydrogen) atoms. The molecule has 0 saturated carbocycles. The molecule has 3 amide bonds. The maximum absolute atomic E-state index is 13.6. The number of benzene rings is 3. The summed E-state index contributed by atoms with van der Waals surface area (Å²) in [6.07, 6.45) is 3.93. The first-order valence-electron chi connectivity index (χ1n) is 14.5. The van der Waals surface area contributed by atoms with Crippen molar-refractivity contribution in [3.63, 3.8) is 0 Å². The van der Waals surface area contributed by atoms with Crippen LogP contribution in [-0.2, 0) is 14.3 Å². The van der Waals surface area contributed by atoms with Gasteiger partial charge in [0, 0.05) is 46.7 Å². The third-order valence-corrected chi connectivity index (χ3v) is 8.28. The van der Waals surface area contributed by atoms with Crippen molar-refractivity contribution >= 4 is 51.7 Å². The van der Waals surface area contributed by atoms with Gasteiger partial charge in [-0.15, -0.1) is 0 Å². The predicted octanol–water partition coefficient (Wildman–Crippen LogP) is 6.58. The van der Waals surface area contributed by atoms with Gasteiger partial charge in [-0.25, -0.2) is 4.90 Å². The van der Waals surface area contributed by atoms with E-state index in [4.69, 9.17) is 25.5 Å². The zero-order chi connectivity index (χ0) is 31.0. The second kappa shape index (κ2) is 12.3. The number of aliphatic hydroxyl groups is 1. The van der Waals surface area contributed by atoms with Crippen LogP contribution in [0.25, 0.3) is 11.0 Å². The number of carbonyl (C=O) groups excluding carboxylic acids is 3. The van der Waals surface area contributed by atoms with E-state index in [0.717, 1.165) is 21.4 Å². The molecule has 0 spiro atoms. The summed E-state index contributed by atoms with van der Waals surface area (Å²) in [6.45, 7) is 4.02. The van der Waals surface area contributed by atoms with Gasteiger partial charge in [0.05, 0.1) is 23.1 Å². The topological polar surface area (TPSA) is 118 Å². The molecule has 1 aromatic heterocycles. The number of imide groups is 1. The summed E-state index contributed by atoms with van der Waals surface area (Å²) in [5.74, 6) is -1.71. The lowest BCUT2D eigenvalue weighted by Crippen LogP contribution is -2.37. The van der Waals surface area contributed by atoms with E-state index in [-0.39, 0.29) is 29.8 Å². The van der Waals surface area contributed by atoms with E-state index in [0.29, 0.717) is 47.0 Å². The highest BCUT2D eigenvalue weighted by molar-refractivity contribution is 6.37. The predicted molar refractivity (Wildman–Crippen MR) is 166 cm³/mol. The highest BCUT2D eigenvalue weighted by atomic mass is 35.5. The van der Waals surface area contributed by atoms with Crippen LogP contribution in [0.1, 0.15) is 57.5 Å². The first-order valence-corrected chi connectivity index (χ1v) is 14.9. The molecule has 0 saturated heterocycles. The Morgan fingerprint density at radius 2 is 1.86 bits per heavy atom. The van der Waals surface area contributed by atoms with Crippen LogP contribution in [-0.4, -0.2) is 42.3 Å². The van der Waals surface area contributed by atoms with Gasteiger partial charge >= 0.3 is 0 Å². The molecule has 2 aliphatic rings. The maximum Gasteiger partial charge on any atom is 0.290 e. The lowest BCUT2D eigenvalue weighted by atomic mass is 9.80. The molecule has 0 bridgehead atoms. The minimum Gasteiger partial charge on any atom is -0.464 e. The van der Waals surface area contributed by atoms with E-state index in [2.05, 4.69) is 5.32 Å². The number of aryl methyl sites for hydroxylation is 1. The highest BCUT2D eigenvalue weighted by Gasteiger charge is 2.40. The summed E-state index contributed by atoms with van der Waals surface area (Å²) < 4.78 is 17.9. The fraction of sp³-hybridized carbons (Fsp3) is 0.265. The van der Waals surface area contributed by atoms with Gasteiger partial charge in [-0.05, 0) is 80.8 Å². The fourth-order valence-electron chi connectivity index (χ4n) is 5.99. The number of ether oxygens (including phenoxy) is 2. The average Bonchev–Trinajstić information content (AvgIpc) is 3.55. The Kier molecular flexibility index (Phi) is 8.27. The van der Waals surface area contributed by atoms with Crippen LogP contribution in [0.4, 0.5) is 11.4 Å². The lowest BCUT2D eigenvalue weighted by molar-refractivity contribution is -0.164. The molecule has 2 aliphatic heterocycles. The van der Waals surface area contributed by atoms with Crippen LogP contribution in [0.5, 0.6) is 0 Å². The van der Waals surface area contributed by atoms with Crippen LogP contribution in [0.2, 0.25) is 5.02 Å². The Morgan fingerprint density at radius 3 is 2.64 bits per heavy atom. The third-order valence-electron chi connectivity index (χ3n) is 8.05. The minimum atomic E-state index is -0.720. The van der Waals surface area contributed by atoms with Crippen LogP contribution < -0.4 is 10.2 Å². The van der Waals surface area contributed by atoms with Gasteiger partial charge in [-0.3, -0.25) is 14.4 Å². The summed E-state index contributed by atoms with van der Waals surface area (Å²) in [5.41, 5.74) is 3.67. The Labute approximate surface area is 259 Å². The number of carbonyl (C=O) groups is 3. The largest absolute Gasteiger partial charge is 0.464 e. The number of nitrogens with one attached hydrogen (secondary N) is 1. The first kappa shape index (κ1) is 29.6. The molecule has 6 rings (SSSR count). The van der Waals surface area contributed by atoms with E-state index >= 15 is 0 Å². The molecular weight excluding hydrogens is 584 g/mol. The number of allylic oxidation sites excluding steroid dienone is 1. The molecule has 226 valence electrons. The van der Waals surface area contributed by atoms with Crippen molar-refractivity contribution in [2.24, 2.45) is 5.92 Å². The van der Waals surface area contributed by atoms with Gasteiger partial charge in [0.25, 0.3) is 17.7 Å². The first-order chi connectivity index (χ1) is 21.3. The minimum absolute atomic E-state index is 0.0229. The molecular formula is C34H31ClN2O7. The van der Waals surface area contributed by atoms with E-state index < -0.39 is 24.0 Å². The highest BCUT2D eigenvalue weighted by Crippen LogP contribution is 2.42. The molecule has 2 N–H and O–H groups in total. The average molecular weight is 615 g/mol. The molecule has 10 heteroatoms. The van der Waals surface area contributed by atoms with E-state index in [1.807, 2.05) is 31.2 Å². The molecule has 0 radical (unpaired) electrons. The number of rotatable bonds is 9. The second-order valence-corrected chi connectivity index (χ2v) is 11.2. The maximum atomic E-state index is 13.6. The summed E-state index contributed by atoms with van der Waals surface area (Å²) in [6, 6.07) is 17.3. The van der Waals surface area contributed by atoms with E-state index in [9.17, 15) is 19.5 Å². The van der Waals surface area contributed by atoms with Gasteiger partial charge in [0.2, 0.25) is 6.29 Å². The number of hydrogen-bond acceptors (Lipinski definition) is 7. The number of hydrogen-bond donors (Lipinski definition) is 2. The quantitative estimate of drug-likeness (QED) is 0.204. The summed E-state index contributed by atoms with van der Waals surface area (Å²) in [4.78, 5) is 40.9. The molecule has 3 aromatic carbocycles. The van der Waals surface area contributed by atoms with Crippen LogP contribution in [0.3, 0.4) is 0 Å². The van der Waals surface area contributed by atoms with Crippen molar-refractivity contribution in [3.8, 4) is 0 Å². The molecule has 4 aromatic rings. The summed E-state index contributed by atoms with van der Waals surface area (Å²) in [5, 5.41) is 13.8. The fourth-order valence-corrected chi connectivity index (χ4v) is 6.16. The van der Waals surface area contributed by atoms with Crippen LogP contribution in [0, 0.1) is 12.8 Å². The van der Waals surface area contributed by atoms with E-state index in [1.165, 1.54) is 6.07 Å². The standard InChI is InChI=1S/C34H31ClN2O7/c1-3-42-34-24(8-6-14-38)25(27-18-43-29-9-5-4-7-22(27)29)17-30(44-34)31(39)36-21-11-13-28(19(2)15-21)37-32(40)23-12-10-20(35)16-26(23)33(37)41/h4-5,7,9-13,15-18,24-25,34,38H,3,6,8,14H2,1-2H3,(H,36,39)/t24-,25+,34-/m0/s1. The Balaban J connectivity index is 1.28. The molecule has 3 heterocycles. The third kappa shape index (κ3) is 5.38. The van der Waals surface area contributed by atoms with Gasteiger partial charge in [-0.1, -0.05) is 29.8 Å². The normalized spacial score (nSPS) is 19.6. The Bertz CT molecular complexity index is 1800. The van der Waals surface area contributed by atoms with Crippen LogP contribution >= 0.6 is 11.6 Å². The number of aliphatic hydroxyl groups excluding tert-OH is 1. The SMILES string of the molecule is CCO[C@H]1OC(C(=O)Nc2ccc(N3C(=O)c4ccc(Cl)cc4C3=O)c(C)c2)=C[C@@H](c2coc3ccccc23)[C@@H]1CCCO. The number of anilines is 2. The Hall–Kier alpha value is -4.44. The zero-order valence-corrected chi connectivity index (χ0v) is 25.0. The molecule has 9 nitrogen and oxygen atoms in total. The molecule has 0 aliphatic carbocycles. The number of amides is 3. The monoisotopic (exact) mass is 614 g/mol. The van der Waals surface area contributed by atoms with Gasteiger partial charge in [0.15, 0.2) is 5.76 Å². The number of nitrogens with zero attached hydrogens (tertiary/aromatic N) is 1. The van der Waals surface area contributed by atoms with Crippen molar-refractivity contribution in [3.05, 3.63) is 106 Å². The molecule has 0 unspecified atom stereocenters. The smallest absolute Gasteiger partial charge is 0.290 e. The van der Waals surface area contributed by atoms with E-state index in [1.54, 1.807) is 49.6 Å². The molecule has 3 atom stereocenters.